The number of aromatic amines is 1. The molecule has 7 heteroatoms. The van der Waals surface area contributed by atoms with Crippen LogP contribution in [0.5, 0.6) is 0 Å². The van der Waals surface area contributed by atoms with Crippen molar-refractivity contribution in [3.63, 3.8) is 0 Å². The van der Waals surface area contributed by atoms with E-state index in [1.165, 1.54) is 6.07 Å². The molecule has 5 N–H and O–H groups in total. The zero-order valence-electron chi connectivity index (χ0n) is 9.11. The van der Waals surface area contributed by atoms with E-state index in [0.717, 1.165) is 0 Å². The van der Waals surface area contributed by atoms with Crippen LogP contribution in [0, 0.1) is 12.7 Å². The molecule has 0 unspecified atom stereocenters. The number of rotatable bonds is 2. The Hall–Kier alpha value is -2.44. The van der Waals surface area contributed by atoms with Gasteiger partial charge in [-0.3, -0.25) is 5.10 Å². The van der Waals surface area contributed by atoms with Gasteiger partial charge >= 0.3 is 0 Å². The van der Waals surface area contributed by atoms with Gasteiger partial charge in [0.05, 0.1) is 0 Å². The van der Waals surface area contributed by atoms with Crippen LogP contribution in [0.2, 0.25) is 0 Å². The van der Waals surface area contributed by atoms with E-state index in [9.17, 15) is 4.39 Å². The summed E-state index contributed by atoms with van der Waals surface area (Å²) < 4.78 is 13.4. The van der Waals surface area contributed by atoms with Crippen LogP contribution in [0.3, 0.4) is 0 Å². The number of azo groups is 1. The van der Waals surface area contributed by atoms with Gasteiger partial charge in [-0.05, 0) is 18.6 Å². The third-order valence-electron chi connectivity index (χ3n) is 2.23. The van der Waals surface area contributed by atoms with E-state index in [2.05, 4.69) is 20.4 Å². The number of benzene rings is 1. The van der Waals surface area contributed by atoms with E-state index in [0.29, 0.717) is 5.56 Å². The SMILES string of the molecule is Cc1cccc(F)c1N=Nc1c(N)n[nH]c1N. The van der Waals surface area contributed by atoms with Gasteiger partial charge in [0.1, 0.15) is 11.5 Å². The minimum Gasteiger partial charge on any atom is -0.382 e. The minimum absolute atomic E-state index is 0.125. The van der Waals surface area contributed by atoms with E-state index >= 15 is 0 Å². The normalized spacial score (nSPS) is 11.2. The molecule has 88 valence electrons. The summed E-state index contributed by atoms with van der Waals surface area (Å²) in [6.45, 7) is 1.74. The van der Waals surface area contributed by atoms with E-state index < -0.39 is 5.82 Å². The maximum atomic E-state index is 13.4. The molecular weight excluding hydrogens is 223 g/mol. The summed E-state index contributed by atoms with van der Waals surface area (Å²) in [5.74, 6) is -0.130. The number of hydrogen-bond acceptors (Lipinski definition) is 5. The lowest BCUT2D eigenvalue weighted by Gasteiger charge is -1.99. The number of aryl methyl sites for hydroxylation is 1. The topological polar surface area (TPSA) is 105 Å². The number of aromatic nitrogens is 2. The summed E-state index contributed by atoms with van der Waals surface area (Å²) in [5.41, 5.74) is 12.1. The van der Waals surface area contributed by atoms with Crippen LogP contribution in [-0.2, 0) is 0 Å². The quantitative estimate of drug-likeness (QED) is 0.694. The molecule has 2 rings (SSSR count). The average molecular weight is 234 g/mol. The maximum Gasteiger partial charge on any atom is 0.175 e. The molecule has 0 aliphatic heterocycles. The standard InChI is InChI=1S/C10H11FN6/c1-5-3-2-4-6(11)7(5)14-15-8-9(12)16-17-10(8)13/h2-4H,1H3,(H5,12,13,16,17). The fraction of sp³-hybridized carbons (Fsp3) is 0.100. The molecule has 0 aliphatic rings. The maximum absolute atomic E-state index is 13.4. The molecule has 1 heterocycles. The Morgan fingerprint density at radius 2 is 1.94 bits per heavy atom. The highest BCUT2D eigenvalue weighted by Crippen LogP contribution is 2.30. The Kier molecular flexibility index (Phi) is 2.73. The molecule has 1 aromatic heterocycles. The third-order valence-corrected chi connectivity index (χ3v) is 2.23. The molecule has 0 bridgehead atoms. The summed E-state index contributed by atoms with van der Waals surface area (Å²) in [6.07, 6.45) is 0. The summed E-state index contributed by atoms with van der Waals surface area (Å²) >= 11 is 0. The zero-order chi connectivity index (χ0) is 12.4. The van der Waals surface area contributed by atoms with Gasteiger partial charge in [-0.2, -0.15) is 5.10 Å². The van der Waals surface area contributed by atoms with E-state index in [1.807, 2.05) is 0 Å². The molecule has 0 spiro atoms. The first-order valence-corrected chi connectivity index (χ1v) is 4.85. The smallest absolute Gasteiger partial charge is 0.175 e. The number of hydrogen-bond donors (Lipinski definition) is 3. The fourth-order valence-electron chi connectivity index (χ4n) is 1.32. The Labute approximate surface area is 96.5 Å². The number of nitrogens with zero attached hydrogens (tertiary/aromatic N) is 3. The third kappa shape index (κ3) is 2.07. The Morgan fingerprint density at radius 1 is 1.24 bits per heavy atom. The highest BCUT2D eigenvalue weighted by atomic mass is 19.1. The zero-order valence-corrected chi connectivity index (χ0v) is 9.11. The lowest BCUT2D eigenvalue weighted by molar-refractivity contribution is 0.627. The molecule has 0 amide bonds. The van der Waals surface area contributed by atoms with Gasteiger partial charge in [0, 0.05) is 0 Å². The first-order chi connectivity index (χ1) is 8.09. The molecule has 0 saturated heterocycles. The van der Waals surface area contributed by atoms with Crippen LogP contribution in [-0.4, -0.2) is 10.2 Å². The number of H-pyrrole nitrogens is 1. The average Bonchev–Trinajstić information content (AvgIpc) is 2.59. The number of nitrogens with one attached hydrogen (secondary N) is 1. The highest BCUT2D eigenvalue weighted by molar-refractivity contribution is 5.70. The van der Waals surface area contributed by atoms with E-state index in [4.69, 9.17) is 11.5 Å². The van der Waals surface area contributed by atoms with Crippen LogP contribution >= 0.6 is 0 Å². The monoisotopic (exact) mass is 234 g/mol. The van der Waals surface area contributed by atoms with Crippen molar-refractivity contribution in [2.75, 3.05) is 11.5 Å². The summed E-state index contributed by atoms with van der Waals surface area (Å²) in [7, 11) is 0. The molecule has 17 heavy (non-hydrogen) atoms. The highest BCUT2D eigenvalue weighted by Gasteiger charge is 2.08. The molecular formula is C10H11FN6. The van der Waals surface area contributed by atoms with Crippen LogP contribution < -0.4 is 11.5 Å². The largest absolute Gasteiger partial charge is 0.382 e. The lowest BCUT2D eigenvalue weighted by atomic mass is 10.2. The van der Waals surface area contributed by atoms with Gasteiger partial charge in [-0.25, -0.2) is 4.39 Å². The molecule has 0 aliphatic carbocycles. The second kappa shape index (κ2) is 4.20. The summed E-state index contributed by atoms with van der Waals surface area (Å²) in [6, 6.07) is 4.65. The first-order valence-electron chi connectivity index (χ1n) is 4.85. The predicted octanol–water partition coefficient (Wildman–Crippen LogP) is 2.44. The molecule has 2 aromatic rings. The van der Waals surface area contributed by atoms with E-state index in [1.54, 1.807) is 19.1 Å². The van der Waals surface area contributed by atoms with E-state index in [-0.39, 0.29) is 23.0 Å². The molecule has 0 saturated carbocycles. The Bertz CT molecular complexity index is 534. The summed E-state index contributed by atoms with van der Waals surface area (Å²) in [5, 5.41) is 13.7. The van der Waals surface area contributed by atoms with Gasteiger partial charge in [-0.15, -0.1) is 10.2 Å². The van der Waals surface area contributed by atoms with Gasteiger partial charge < -0.3 is 11.5 Å². The van der Waals surface area contributed by atoms with Crippen LogP contribution in [0.1, 0.15) is 5.56 Å². The van der Waals surface area contributed by atoms with Gasteiger partial charge in [0.15, 0.2) is 17.3 Å². The Morgan fingerprint density at radius 3 is 2.53 bits per heavy atom. The molecule has 1 aromatic carbocycles. The van der Waals surface area contributed by atoms with Crippen LogP contribution in [0.25, 0.3) is 0 Å². The van der Waals surface area contributed by atoms with Crippen molar-refractivity contribution in [3.8, 4) is 0 Å². The number of halogens is 1. The minimum atomic E-state index is -0.450. The fourth-order valence-corrected chi connectivity index (χ4v) is 1.32. The van der Waals surface area contributed by atoms with Gasteiger partial charge in [0.25, 0.3) is 0 Å². The Balaban J connectivity index is 2.39. The lowest BCUT2D eigenvalue weighted by Crippen LogP contribution is -1.85. The van der Waals surface area contributed by atoms with Gasteiger partial charge in [-0.1, -0.05) is 12.1 Å². The van der Waals surface area contributed by atoms with Gasteiger partial charge in [0.2, 0.25) is 0 Å². The predicted molar refractivity (Wildman–Crippen MR) is 62.7 cm³/mol. The van der Waals surface area contributed by atoms with Crippen molar-refractivity contribution in [1.29, 1.82) is 0 Å². The second-order valence-electron chi connectivity index (χ2n) is 3.48. The number of nitrogens with two attached hydrogens (primary N) is 2. The molecule has 0 radical (unpaired) electrons. The van der Waals surface area contributed by atoms with Crippen molar-refractivity contribution in [2.24, 2.45) is 10.2 Å². The summed E-state index contributed by atoms with van der Waals surface area (Å²) in [4.78, 5) is 0. The number of nitrogen functional groups attached to an aromatic ring is 2. The van der Waals surface area contributed by atoms with Crippen molar-refractivity contribution in [2.45, 2.75) is 6.92 Å². The molecule has 0 atom stereocenters. The van der Waals surface area contributed by atoms with Crippen LogP contribution in [0.15, 0.2) is 28.4 Å². The molecule has 0 fully saturated rings. The van der Waals surface area contributed by atoms with Crippen molar-refractivity contribution < 1.29 is 4.39 Å². The molecule has 6 nitrogen and oxygen atoms in total. The number of anilines is 2. The van der Waals surface area contributed by atoms with Crippen molar-refractivity contribution >= 4 is 23.0 Å². The van der Waals surface area contributed by atoms with Crippen molar-refractivity contribution in [3.05, 3.63) is 29.6 Å². The van der Waals surface area contributed by atoms with Crippen molar-refractivity contribution in [1.82, 2.24) is 10.2 Å². The van der Waals surface area contributed by atoms with Crippen LogP contribution in [0.4, 0.5) is 27.4 Å². The first kappa shape index (κ1) is 11.1. The second-order valence-corrected chi connectivity index (χ2v) is 3.48.